The molecule has 26 heavy (non-hydrogen) atoms. The molecule has 138 valence electrons. The number of anilines is 1. The Bertz CT molecular complexity index is 994. The number of carbonyl (C=O) groups excluding carboxylic acids is 1. The second-order valence-electron chi connectivity index (χ2n) is 6.41. The molecule has 0 bridgehead atoms. The highest BCUT2D eigenvalue weighted by molar-refractivity contribution is 7.93. The van der Waals surface area contributed by atoms with Crippen LogP contribution in [0.25, 0.3) is 0 Å². The molecule has 0 spiro atoms. The number of rotatable bonds is 4. The smallest absolute Gasteiger partial charge is 0.253 e. The van der Waals surface area contributed by atoms with E-state index in [4.69, 9.17) is 0 Å². The number of aromatic nitrogens is 1. The van der Waals surface area contributed by atoms with Crippen molar-refractivity contribution in [3.05, 3.63) is 63.1 Å². The lowest BCUT2D eigenvalue weighted by atomic mass is 10.1. The van der Waals surface area contributed by atoms with Crippen molar-refractivity contribution in [2.75, 3.05) is 16.6 Å². The van der Waals surface area contributed by atoms with Crippen molar-refractivity contribution >= 4 is 21.6 Å². The number of amides is 1. The van der Waals surface area contributed by atoms with Gasteiger partial charge < -0.3 is 10.3 Å². The summed E-state index contributed by atoms with van der Waals surface area (Å²) in [5.41, 5.74) is 2.87. The number of nitrogens with zero attached hydrogens (tertiary/aromatic N) is 1. The summed E-state index contributed by atoms with van der Waals surface area (Å²) in [6, 6.07) is 8.28. The summed E-state index contributed by atoms with van der Waals surface area (Å²) >= 11 is 0. The number of nitrogens with one attached hydrogen (secondary N) is 2. The summed E-state index contributed by atoms with van der Waals surface area (Å²) in [7, 11) is -3.24. The maximum atomic E-state index is 12.3. The third kappa shape index (κ3) is 3.65. The Morgan fingerprint density at radius 2 is 1.92 bits per heavy atom. The Hall–Kier alpha value is -2.61. The molecule has 7 nitrogen and oxygen atoms in total. The molecule has 8 heteroatoms. The third-order valence-corrected chi connectivity index (χ3v) is 6.31. The van der Waals surface area contributed by atoms with E-state index < -0.39 is 10.0 Å². The average Bonchev–Trinajstić information content (AvgIpc) is 2.93. The molecule has 2 N–H and O–H groups in total. The molecule has 0 radical (unpaired) electrons. The summed E-state index contributed by atoms with van der Waals surface area (Å²) in [6.45, 7) is 4.22. The van der Waals surface area contributed by atoms with Gasteiger partial charge in [0.15, 0.2) is 0 Å². The van der Waals surface area contributed by atoms with E-state index in [1.807, 2.05) is 13.0 Å². The van der Waals surface area contributed by atoms with Gasteiger partial charge in [0.05, 0.1) is 11.4 Å². The Morgan fingerprint density at radius 1 is 1.23 bits per heavy atom. The van der Waals surface area contributed by atoms with Gasteiger partial charge in [0.2, 0.25) is 10.0 Å². The summed E-state index contributed by atoms with van der Waals surface area (Å²) in [5.74, 6) is -0.167. The van der Waals surface area contributed by atoms with Crippen LogP contribution in [0.4, 0.5) is 5.69 Å². The predicted octanol–water partition coefficient (Wildman–Crippen LogP) is 1.46. The van der Waals surface area contributed by atoms with Crippen LogP contribution < -0.4 is 15.2 Å². The normalized spacial score (nSPS) is 15.8. The van der Waals surface area contributed by atoms with Crippen molar-refractivity contribution in [2.24, 2.45) is 0 Å². The predicted molar refractivity (Wildman–Crippen MR) is 99.9 cm³/mol. The molecular formula is C18H21N3O4S. The van der Waals surface area contributed by atoms with Crippen LogP contribution in [0, 0.1) is 13.8 Å². The van der Waals surface area contributed by atoms with E-state index >= 15 is 0 Å². The van der Waals surface area contributed by atoms with Crippen molar-refractivity contribution in [1.29, 1.82) is 0 Å². The molecule has 0 aliphatic carbocycles. The lowest BCUT2D eigenvalue weighted by Gasteiger charge is -2.17. The number of hydrogen-bond acceptors (Lipinski definition) is 4. The van der Waals surface area contributed by atoms with Crippen LogP contribution >= 0.6 is 0 Å². The molecule has 2 aromatic rings. The molecule has 0 unspecified atom stereocenters. The Labute approximate surface area is 152 Å². The van der Waals surface area contributed by atoms with E-state index in [-0.39, 0.29) is 23.8 Å². The van der Waals surface area contributed by atoms with Gasteiger partial charge in [-0.3, -0.25) is 13.9 Å². The second-order valence-corrected chi connectivity index (χ2v) is 8.43. The van der Waals surface area contributed by atoms with Gasteiger partial charge in [0, 0.05) is 29.9 Å². The Morgan fingerprint density at radius 3 is 2.50 bits per heavy atom. The van der Waals surface area contributed by atoms with Crippen LogP contribution in [0.1, 0.15) is 33.6 Å². The first-order chi connectivity index (χ1) is 12.3. The first-order valence-corrected chi connectivity index (χ1v) is 9.97. The highest BCUT2D eigenvalue weighted by Gasteiger charge is 2.28. The summed E-state index contributed by atoms with van der Waals surface area (Å²) < 4.78 is 25.2. The molecule has 2 heterocycles. The van der Waals surface area contributed by atoms with Gasteiger partial charge in [-0.05, 0) is 56.2 Å². The number of hydrogen-bond donors (Lipinski definition) is 2. The third-order valence-electron chi connectivity index (χ3n) is 4.44. The minimum Gasteiger partial charge on any atom is -0.348 e. The van der Waals surface area contributed by atoms with E-state index in [1.54, 1.807) is 31.2 Å². The quantitative estimate of drug-likeness (QED) is 0.845. The molecule has 1 aliphatic heterocycles. The SMILES string of the molecule is Cc1cc(C)c(CNC(=O)c2ccc(N3CCCS3(=O)=O)cc2)c(=O)[nH]1. The van der Waals surface area contributed by atoms with Crippen LogP contribution in [-0.4, -0.2) is 31.6 Å². The van der Waals surface area contributed by atoms with Crippen LogP contribution in [0.3, 0.4) is 0 Å². The van der Waals surface area contributed by atoms with E-state index in [0.29, 0.717) is 29.8 Å². The maximum Gasteiger partial charge on any atom is 0.253 e. The van der Waals surface area contributed by atoms with Crippen LogP contribution in [0.2, 0.25) is 0 Å². The van der Waals surface area contributed by atoms with Gasteiger partial charge in [-0.2, -0.15) is 0 Å². The van der Waals surface area contributed by atoms with Crippen molar-refractivity contribution in [1.82, 2.24) is 10.3 Å². The molecule has 1 fully saturated rings. The zero-order valence-electron chi connectivity index (χ0n) is 14.7. The molecule has 0 atom stereocenters. The van der Waals surface area contributed by atoms with Crippen LogP contribution in [0.15, 0.2) is 35.1 Å². The van der Waals surface area contributed by atoms with E-state index in [0.717, 1.165) is 11.3 Å². The average molecular weight is 375 g/mol. The minimum absolute atomic E-state index is 0.128. The zero-order valence-corrected chi connectivity index (χ0v) is 15.5. The second kappa shape index (κ2) is 6.95. The fraction of sp³-hybridized carbons (Fsp3) is 0.333. The molecule has 1 aliphatic rings. The zero-order chi connectivity index (χ0) is 18.9. The molecule has 1 aromatic heterocycles. The number of aromatic amines is 1. The van der Waals surface area contributed by atoms with Crippen molar-refractivity contribution in [2.45, 2.75) is 26.8 Å². The highest BCUT2D eigenvalue weighted by Crippen LogP contribution is 2.24. The molecule has 3 rings (SSSR count). The molecule has 1 aromatic carbocycles. The first-order valence-electron chi connectivity index (χ1n) is 8.36. The van der Waals surface area contributed by atoms with E-state index in [2.05, 4.69) is 10.3 Å². The van der Waals surface area contributed by atoms with E-state index in [1.165, 1.54) is 4.31 Å². The summed E-state index contributed by atoms with van der Waals surface area (Å²) in [6.07, 6.45) is 0.606. The number of aryl methyl sites for hydroxylation is 2. The minimum atomic E-state index is -3.24. The van der Waals surface area contributed by atoms with Gasteiger partial charge in [-0.15, -0.1) is 0 Å². The molecule has 0 saturated carbocycles. The summed E-state index contributed by atoms with van der Waals surface area (Å²) in [5, 5.41) is 2.73. The van der Waals surface area contributed by atoms with Gasteiger partial charge in [0.25, 0.3) is 11.5 Å². The Kier molecular flexibility index (Phi) is 4.86. The Balaban J connectivity index is 1.70. The van der Waals surface area contributed by atoms with Crippen molar-refractivity contribution < 1.29 is 13.2 Å². The first kappa shape index (κ1) is 18.2. The van der Waals surface area contributed by atoms with Gasteiger partial charge in [-0.25, -0.2) is 8.42 Å². The maximum absolute atomic E-state index is 12.3. The fourth-order valence-electron chi connectivity index (χ4n) is 3.08. The number of carbonyl (C=O) groups is 1. The number of sulfonamides is 1. The number of pyridine rings is 1. The largest absolute Gasteiger partial charge is 0.348 e. The standard InChI is InChI=1S/C18H21N3O4S/c1-12-10-13(2)20-18(23)16(12)11-19-17(22)14-4-6-15(7-5-14)21-8-3-9-26(21,24)25/h4-7,10H,3,8-9,11H2,1-2H3,(H,19,22)(H,20,23). The lowest BCUT2D eigenvalue weighted by molar-refractivity contribution is 0.0951. The van der Waals surface area contributed by atoms with Gasteiger partial charge >= 0.3 is 0 Å². The van der Waals surface area contributed by atoms with E-state index in [9.17, 15) is 18.0 Å². The van der Waals surface area contributed by atoms with Crippen LogP contribution in [-0.2, 0) is 16.6 Å². The lowest BCUT2D eigenvalue weighted by Crippen LogP contribution is -2.28. The van der Waals surface area contributed by atoms with Gasteiger partial charge in [-0.1, -0.05) is 0 Å². The van der Waals surface area contributed by atoms with Crippen LogP contribution in [0.5, 0.6) is 0 Å². The molecular weight excluding hydrogens is 354 g/mol. The molecule has 1 saturated heterocycles. The number of H-pyrrole nitrogens is 1. The highest BCUT2D eigenvalue weighted by atomic mass is 32.2. The van der Waals surface area contributed by atoms with Gasteiger partial charge in [0.1, 0.15) is 0 Å². The topological polar surface area (TPSA) is 99.3 Å². The summed E-state index contributed by atoms with van der Waals surface area (Å²) in [4.78, 5) is 27.0. The number of benzene rings is 1. The molecule has 1 amide bonds. The van der Waals surface area contributed by atoms with Crippen molar-refractivity contribution in [3.8, 4) is 0 Å². The fourth-order valence-corrected chi connectivity index (χ4v) is 4.65. The van der Waals surface area contributed by atoms with Crippen molar-refractivity contribution in [3.63, 3.8) is 0 Å². The monoisotopic (exact) mass is 375 g/mol.